The molecule has 0 aliphatic rings. The fourth-order valence-corrected chi connectivity index (χ4v) is 6.51. The first kappa shape index (κ1) is 13.6. The molecule has 94 valence electrons. The highest BCUT2D eigenvalue weighted by atomic mass is 32.2. The summed E-state index contributed by atoms with van der Waals surface area (Å²) in [5, 5.41) is 0. The molecule has 1 heterocycles. The van der Waals surface area contributed by atoms with Gasteiger partial charge in [-0.1, -0.05) is 49.6 Å². The quantitative estimate of drug-likeness (QED) is 0.619. The van der Waals surface area contributed by atoms with Crippen LogP contribution in [0, 0.1) is 0 Å². The summed E-state index contributed by atoms with van der Waals surface area (Å²) in [6, 6.07) is 12.3. The summed E-state index contributed by atoms with van der Waals surface area (Å²) in [6.07, 6.45) is 0.999. The van der Waals surface area contributed by atoms with E-state index in [9.17, 15) is 4.79 Å². The Kier molecular flexibility index (Phi) is 4.09. The van der Waals surface area contributed by atoms with Gasteiger partial charge in [-0.2, -0.15) is 0 Å². The number of rotatable bonds is 4. The molecule has 0 N–H and O–H groups in total. The second kappa shape index (κ2) is 5.43. The smallest absolute Gasteiger partial charge is 0.150 e. The molecule has 2 aromatic rings. The molecule has 0 unspecified atom stereocenters. The van der Waals surface area contributed by atoms with Crippen molar-refractivity contribution in [3.8, 4) is 0 Å². The Bertz CT molecular complexity index is 541. The maximum atomic E-state index is 11.2. The number of carbonyl (C=O) groups is 1. The lowest BCUT2D eigenvalue weighted by atomic mass is 10.4. The summed E-state index contributed by atoms with van der Waals surface area (Å²) in [4.78, 5) is 12.4. The van der Waals surface area contributed by atoms with Gasteiger partial charge in [-0.25, -0.2) is 0 Å². The van der Waals surface area contributed by atoms with Gasteiger partial charge in [0.2, 0.25) is 0 Å². The van der Waals surface area contributed by atoms with Gasteiger partial charge < -0.3 is 0 Å². The van der Waals surface area contributed by atoms with Crippen LogP contribution in [0.5, 0.6) is 0 Å². The molecule has 0 radical (unpaired) electrons. The molecule has 0 fully saturated rings. The first-order chi connectivity index (χ1) is 8.50. The monoisotopic (exact) mass is 292 g/mol. The normalized spacial score (nSPS) is 11.5. The molecule has 1 aromatic carbocycles. The van der Waals surface area contributed by atoms with Crippen molar-refractivity contribution in [2.45, 2.75) is 28.7 Å². The molecule has 0 saturated carbocycles. The standard InChI is InChI=1S/C14H16OS2Si/c1-18(2,3)14-11(10-15)9-13(17-14)16-12-7-5-4-6-8-12/h4-10H,1-3H3. The summed E-state index contributed by atoms with van der Waals surface area (Å²) in [5.41, 5.74) is 0.887. The molecule has 4 heteroatoms. The molecular weight excluding hydrogens is 276 g/mol. The summed E-state index contributed by atoms with van der Waals surface area (Å²) in [5.74, 6) is 0. The number of benzene rings is 1. The van der Waals surface area contributed by atoms with Gasteiger partial charge in [0.05, 0.1) is 12.3 Å². The minimum Gasteiger partial charge on any atom is -0.298 e. The summed E-state index contributed by atoms with van der Waals surface area (Å²) in [7, 11) is -1.42. The van der Waals surface area contributed by atoms with Crippen LogP contribution in [0.3, 0.4) is 0 Å². The minimum atomic E-state index is -1.42. The van der Waals surface area contributed by atoms with Crippen molar-refractivity contribution in [1.29, 1.82) is 0 Å². The fourth-order valence-electron chi connectivity index (χ4n) is 1.71. The first-order valence-electron chi connectivity index (χ1n) is 5.83. The molecule has 0 spiro atoms. The van der Waals surface area contributed by atoms with E-state index in [1.165, 1.54) is 13.6 Å². The molecular formula is C14H16OS2Si. The predicted octanol–water partition coefficient (Wildman–Crippen LogP) is 4.26. The van der Waals surface area contributed by atoms with Gasteiger partial charge in [-0.05, 0) is 18.2 Å². The van der Waals surface area contributed by atoms with Crippen molar-refractivity contribution in [1.82, 2.24) is 0 Å². The van der Waals surface area contributed by atoms with E-state index in [1.807, 2.05) is 24.3 Å². The lowest BCUT2D eigenvalue weighted by Gasteiger charge is -2.14. The van der Waals surface area contributed by atoms with Crippen molar-refractivity contribution in [3.05, 3.63) is 42.0 Å². The highest BCUT2D eigenvalue weighted by molar-refractivity contribution is 8.01. The van der Waals surface area contributed by atoms with Gasteiger partial charge in [0.1, 0.15) is 0 Å². The SMILES string of the molecule is C[Si](C)(C)c1sc(Sc2ccccc2)cc1C=O. The molecule has 18 heavy (non-hydrogen) atoms. The van der Waals surface area contributed by atoms with Crippen molar-refractivity contribution >= 4 is 42.0 Å². The van der Waals surface area contributed by atoms with Crippen LogP contribution in [-0.4, -0.2) is 14.4 Å². The Morgan fingerprint density at radius 1 is 1.17 bits per heavy atom. The van der Waals surface area contributed by atoms with Crippen LogP contribution in [0.25, 0.3) is 0 Å². The van der Waals surface area contributed by atoms with Crippen LogP contribution >= 0.6 is 23.1 Å². The van der Waals surface area contributed by atoms with Gasteiger partial charge >= 0.3 is 0 Å². The number of hydrogen-bond donors (Lipinski definition) is 0. The second-order valence-electron chi connectivity index (χ2n) is 5.13. The van der Waals surface area contributed by atoms with Crippen molar-refractivity contribution in [2.24, 2.45) is 0 Å². The van der Waals surface area contributed by atoms with Crippen LogP contribution in [0.4, 0.5) is 0 Å². The van der Waals surface area contributed by atoms with E-state index in [0.717, 1.165) is 11.8 Å². The summed E-state index contributed by atoms with van der Waals surface area (Å²) in [6.45, 7) is 6.84. The van der Waals surface area contributed by atoms with Gasteiger partial charge in [0, 0.05) is 15.0 Å². The third-order valence-corrected chi connectivity index (χ3v) is 8.39. The van der Waals surface area contributed by atoms with E-state index in [2.05, 4.69) is 31.8 Å². The Labute approximate surface area is 117 Å². The molecule has 0 aliphatic heterocycles. The zero-order valence-corrected chi connectivity index (χ0v) is 13.4. The van der Waals surface area contributed by atoms with Crippen molar-refractivity contribution < 1.29 is 4.79 Å². The minimum absolute atomic E-state index is 0.887. The Hall–Kier alpha value is -0.843. The van der Waals surface area contributed by atoms with E-state index in [-0.39, 0.29) is 0 Å². The maximum absolute atomic E-state index is 11.2. The number of carbonyl (C=O) groups excluding carboxylic acids is 1. The van der Waals surface area contributed by atoms with Gasteiger partial charge in [0.25, 0.3) is 0 Å². The topological polar surface area (TPSA) is 17.1 Å². The third-order valence-electron chi connectivity index (χ3n) is 2.51. The van der Waals surface area contributed by atoms with Crippen LogP contribution in [0.2, 0.25) is 19.6 Å². The van der Waals surface area contributed by atoms with Crippen molar-refractivity contribution in [3.63, 3.8) is 0 Å². The van der Waals surface area contributed by atoms with E-state index in [1.54, 1.807) is 23.1 Å². The zero-order valence-electron chi connectivity index (χ0n) is 10.8. The number of thiophene rings is 1. The largest absolute Gasteiger partial charge is 0.298 e. The molecule has 1 nitrogen and oxygen atoms in total. The highest BCUT2D eigenvalue weighted by Gasteiger charge is 2.23. The van der Waals surface area contributed by atoms with Crippen LogP contribution in [0.1, 0.15) is 10.4 Å². The lowest BCUT2D eigenvalue weighted by Crippen LogP contribution is -2.37. The second-order valence-corrected chi connectivity index (χ2v) is 12.9. The van der Waals surface area contributed by atoms with E-state index >= 15 is 0 Å². The number of hydrogen-bond acceptors (Lipinski definition) is 3. The average molecular weight is 293 g/mol. The third kappa shape index (κ3) is 3.13. The fraction of sp³-hybridized carbons (Fsp3) is 0.214. The van der Waals surface area contributed by atoms with E-state index in [0.29, 0.717) is 0 Å². The van der Waals surface area contributed by atoms with E-state index < -0.39 is 8.07 Å². The Balaban J connectivity index is 2.31. The predicted molar refractivity (Wildman–Crippen MR) is 83.3 cm³/mol. The molecule has 0 amide bonds. The van der Waals surface area contributed by atoms with Crippen molar-refractivity contribution in [2.75, 3.05) is 0 Å². The van der Waals surface area contributed by atoms with Crippen LogP contribution < -0.4 is 4.50 Å². The summed E-state index contributed by atoms with van der Waals surface area (Å²) < 4.78 is 2.51. The van der Waals surface area contributed by atoms with Crippen LogP contribution in [-0.2, 0) is 0 Å². The summed E-state index contributed by atoms with van der Waals surface area (Å²) >= 11 is 3.52. The van der Waals surface area contributed by atoms with Gasteiger partial charge in [0.15, 0.2) is 6.29 Å². The molecule has 0 atom stereocenters. The molecule has 0 bridgehead atoms. The Morgan fingerprint density at radius 3 is 2.33 bits per heavy atom. The average Bonchev–Trinajstić information content (AvgIpc) is 2.73. The number of aldehydes is 1. The molecule has 0 aliphatic carbocycles. The highest BCUT2D eigenvalue weighted by Crippen LogP contribution is 2.32. The maximum Gasteiger partial charge on any atom is 0.150 e. The van der Waals surface area contributed by atoms with Gasteiger partial charge in [-0.3, -0.25) is 4.79 Å². The lowest BCUT2D eigenvalue weighted by molar-refractivity contribution is 0.112. The molecule has 2 rings (SSSR count). The first-order valence-corrected chi connectivity index (χ1v) is 11.0. The van der Waals surface area contributed by atoms with Gasteiger partial charge in [-0.15, -0.1) is 11.3 Å². The molecule has 1 aromatic heterocycles. The zero-order chi connectivity index (χ0) is 13.2. The molecule has 0 saturated heterocycles. The van der Waals surface area contributed by atoms with Crippen LogP contribution in [0.15, 0.2) is 45.5 Å². The Morgan fingerprint density at radius 2 is 1.83 bits per heavy atom. The van der Waals surface area contributed by atoms with E-state index in [4.69, 9.17) is 0 Å².